The first kappa shape index (κ1) is 15.8. The summed E-state index contributed by atoms with van der Waals surface area (Å²) in [6.07, 6.45) is 1.87. The zero-order valence-electron chi connectivity index (χ0n) is 11.2. The number of hydrogen-bond donors (Lipinski definition) is 3. The van der Waals surface area contributed by atoms with E-state index in [1.807, 2.05) is 13.2 Å². The van der Waals surface area contributed by atoms with Gasteiger partial charge in [-0.2, -0.15) is 11.8 Å². The number of urea groups is 1. The van der Waals surface area contributed by atoms with Crippen LogP contribution in [-0.2, 0) is 0 Å². The summed E-state index contributed by atoms with van der Waals surface area (Å²) < 4.78 is 13.1. The number of halogens is 1. The van der Waals surface area contributed by atoms with Gasteiger partial charge >= 0.3 is 6.03 Å². The van der Waals surface area contributed by atoms with Gasteiger partial charge in [-0.05, 0) is 37.8 Å². The predicted molar refractivity (Wildman–Crippen MR) is 77.1 cm³/mol. The minimum Gasteiger partial charge on any atom is -0.395 e. The van der Waals surface area contributed by atoms with Crippen LogP contribution in [0.25, 0.3) is 0 Å². The maximum atomic E-state index is 13.1. The zero-order valence-corrected chi connectivity index (χ0v) is 12.1. The quantitative estimate of drug-likeness (QED) is 0.779. The van der Waals surface area contributed by atoms with Crippen LogP contribution in [0.4, 0.5) is 14.9 Å². The number of nitrogens with one attached hydrogen (secondary N) is 2. The van der Waals surface area contributed by atoms with E-state index in [2.05, 4.69) is 10.6 Å². The topological polar surface area (TPSA) is 61.4 Å². The normalized spacial score (nSPS) is 13.7. The highest BCUT2D eigenvalue weighted by molar-refractivity contribution is 7.99. The highest BCUT2D eigenvalue weighted by atomic mass is 32.2. The van der Waals surface area contributed by atoms with Crippen molar-refractivity contribution in [3.8, 4) is 0 Å². The molecule has 0 radical (unpaired) electrons. The Kier molecular flexibility index (Phi) is 6.11. The van der Waals surface area contributed by atoms with E-state index < -0.39 is 11.8 Å². The molecule has 1 aromatic carbocycles. The first-order valence-corrected chi connectivity index (χ1v) is 7.24. The number of anilines is 1. The third-order valence-corrected chi connectivity index (χ3v) is 4.01. The van der Waals surface area contributed by atoms with Gasteiger partial charge in [0.2, 0.25) is 0 Å². The molecule has 0 aliphatic rings. The van der Waals surface area contributed by atoms with Crippen LogP contribution in [0.5, 0.6) is 0 Å². The SMILES string of the molecule is CSC(CO)C(C)NC(=O)Nc1cc(F)ccc1C. The first-order valence-electron chi connectivity index (χ1n) is 5.95. The average molecular weight is 286 g/mol. The molecule has 6 heteroatoms. The summed E-state index contributed by atoms with van der Waals surface area (Å²) in [7, 11) is 0. The van der Waals surface area contributed by atoms with Gasteiger partial charge in [-0.15, -0.1) is 0 Å². The summed E-state index contributed by atoms with van der Waals surface area (Å²) in [5.41, 5.74) is 1.22. The second-order valence-corrected chi connectivity index (χ2v) is 5.38. The van der Waals surface area contributed by atoms with Crippen LogP contribution < -0.4 is 10.6 Å². The van der Waals surface area contributed by atoms with Gasteiger partial charge in [0.15, 0.2) is 0 Å². The largest absolute Gasteiger partial charge is 0.395 e. The van der Waals surface area contributed by atoms with Crippen LogP contribution in [0.1, 0.15) is 12.5 Å². The minimum absolute atomic E-state index is 0.0123. The number of carbonyl (C=O) groups is 1. The van der Waals surface area contributed by atoms with Gasteiger partial charge in [-0.25, -0.2) is 9.18 Å². The molecule has 3 N–H and O–H groups in total. The molecule has 0 aliphatic heterocycles. The van der Waals surface area contributed by atoms with Crippen molar-refractivity contribution < 1.29 is 14.3 Å². The Morgan fingerprint density at radius 1 is 1.53 bits per heavy atom. The molecule has 0 spiro atoms. The van der Waals surface area contributed by atoms with Crippen LogP contribution in [0.15, 0.2) is 18.2 Å². The highest BCUT2D eigenvalue weighted by Crippen LogP contribution is 2.16. The number of aliphatic hydroxyl groups is 1. The Bertz CT molecular complexity index is 439. The number of carbonyl (C=O) groups excluding carboxylic acids is 1. The second-order valence-electron chi connectivity index (χ2n) is 4.30. The Labute approximate surface area is 116 Å². The number of thioether (sulfide) groups is 1. The Balaban J connectivity index is 2.62. The van der Waals surface area contributed by atoms with E-state index in [0.717, 1.165) is 5.56 Å². The number of hydrogen-bond acceptors (Lipinski definition) is 3. The standard InChI is InChI=1S/C13H19FN2O2S/c1-8-4-5-10(14)6-11(8)16-13(18)15-9(2)12(7-17)19-3/h4-6,9,12,17H,7H2,1-3H3,(H2,15,16,18). The monoisotopic (exact) mass is 286 g/mol. The number of rotatable bonds is 5. The zero-order chi connectivity index (χ0) is 14.4. The maximum absolute atomic E-state index is 13.1. The summed E-state index contributed by atoms with van der Waals surface area (Å²) >= 11 is 1.48. The van der Waals surface area contributed by atoms with Crippen molar-refractivity contribution in [3.63, 3.8) is 0 Å². The lowest BCUT2D eigenvalue weighted by Crippen LogP contribution is -2.43. The third kappa shape index (κ3) is 4.72. The van der Waals surface area contributed by atoms with E-state index in [0.29, 0.717) is 5.69 Å². The average Bonchev–Trinajstić information content (AvgIpc) is 2.35. The van der Waals surface area contributed by atoms with Gasteiger partial charge in [0.25, 0.3) is 0 Å². The first-order chi connectivity index (χ1) is 8.97. The van der Waals surface area contributed by atoms with E-state index in [1.54, 1.807) is 13.0 Å². The van der Waals surface area contributed by atoms with Crippen molar-refractivity contribution in [2.24, 2.45) is 0 Å². The van der Waals surface area contributed by atoms with Crippen molar-refractivity contribution in [2.75, 3.05) is 18.2 Å². The molecule has 4 nitrogen and oxygen atoms in total. The second kappa shape index (κ2) is 7.35. The molecule has 19 heavy (non-hydrogen) atoms. The molecule has 0 heterocycles. The molecule has 0 aliphatic carbocycles. The van der Waals surface area contributed by atoms with Crippen LogP contribution in [0, 0.1) is 12.7 Å². The fraction of sp³-hybridized carbons (Fsp3) is 0.462. The smallest absolute Gasteiger partial charge is 0.319 e. The number of aryl methyl sites for hydroxylation is 1. The number of benzene rings is 1. The van der Waals surface area contributed by atoms with Crippen molar-refractivity contribution >= 4 is 23.5 Å². The molecule has 1 aromatic rings. The van der Waals surface area contributed by atoms with Crippen LogP contribution in [-0.4, -0.2) is 35.3 Å². The van der Waals surface area contributed by atoms with Crippen LogP contribution in [0.3, 0.4) is 0 Å². The van der Waals surface area contributed by atoms with Gasteiger partial charge in [0.1, 0.15) is 5.82 Å². The van der Waals surface area contributed by atoms with E-state index in [4.69, 9.17) is 5.11 Å². The molecule has 0 saturated carbocycles. The maximum Gasteiger partial charge on any atom is 0.319 e. The van der Waals surface area contributed by atoms with Crippen LogP contribution >= 0.6 is 11.8 Å². The molecule has 0 saturated heterocycles. The van der Waals surface area contributed by atoms with Gasteiger partial charge in [0, 0.05) is 17.0 Å². The molecule has 2 atom stereocenters. The van der Waals surface area contributed by atoms with E-state index in [-0.39, 0.29) is 17.9 Å². The minimum atomic E-state index is -0.409. The summed E-state index contributed by atoms with van der Waals surface area (Å²) in [6.45, 7) is 3.59. The van der Waals surface area contributed by atoms with Crippen LogP contribution in [0.2, 0.25) is 0 Å². The summed E-state index contributed by atoms with van der Waals surface area (Å²) in [5.74, 6) is -0.397. The lowest BCUT2D eigenvalue weighted by Gasteiger charge is -2.21. The molecular formula is C13H19FN2O2S. The Morgan fingerprint density at radius 3 is 2.79 bits per heavy atom. The number of amides is 2. The summed E-state index contributed by atoms with van der Waals surface area (Å²) in [5, 5.41) is 14.4. The summed E-state index contributed by atoms with van der Waals surface area (Å²) in [6, 6.07) is 3.63. The highest BCUT2D eigenvalue weighted by Gasteiger charge is 2.17. The van der Waals surface area contributed by atoms with Crippen molar-refractivity contribution in [1.29, 1.82) is 0 Å². The lowest BCUT2D eigenvalue weighted by molar-refractivity contribution is 0.243. The molecule has 106 valence electrons. The number of aliphatic hydroxyl groups excluding tert-OH is 1. The molecule has 0 aromatic heterocycles. The van der Waals surface area contributed by atoms with Gasteiger partial charge in [-0.1, -0.05) is 6.07 Å². The lowest BCUT2D eigenvalue weighted by atomic mass is 10.2. The fourth-order valence-corrected chi connectivity index (χ4v) is 2.25. The van der Waals surface area contributed by atoms with Crippen molar-refractivity contribution in [3.05, 3.63) is 29.6 Å². The fourth-order valence-electron chi connectivity index (χ4n) is 1.62. The van der Waals surface area contributed by atoms with E-state index in [9.17, 15) is 9.18 Å². The van der Waals surface area contributed by atoms with Crippen molar-refractivity contribution in [1.82, 2.24) is 5.32 Å². The van der Waals surface area contributed by atoms with Crippen molar-refractivity contribution in [2.45, 2.75) is 25.1 Å². The summed E-state index contributed by atoms with van der Waals surface area (Å²) in [4.78, 5) is 11.8. The molecule has 2 amide bonds. The van der Waals surface area contributed by atoms with E-state index in [1.165, 1.54) is 23.9 Å². The molecule has 0 fully saturated rings. The van der Waals surface area contributed by atoms with Gasteiger partial charge in [-0.3, -0.25) is 0 Å². The van der Waals surface area contributed by atoms with Gasteiger partial charge < -0.3 is 15.7 Å². The molecular weight excluding hydrogens is 267 g/mol. The Morgan fingerprint density at radius 2 is 2.21 bits per heavy atom. The van der Waals surface area contributed by atoms with Gasteiger partial charge in [0.05, 0.1) is 6.61 Å². The molecule has 2 unspecified atom stereocenters. The Hall–Kier alpha value is -1.27. The third-order valence-electron chi connectivity index (χ3n) is 2.85. The predicted octanol–water partition coefficient (Wildman–Crippen LogP) is 2.37. The molecule has 1 rings (SSSR count). The van der Waals surface area contributed by atoms with E-state index >= 15 is 0 Å². The molecule has 0 bridgehead atoms.